The van der Waals surface area contributed by atoms with Gasteiger partial charge in [-0.1, -0.05) is 5.16 Å². The monoisotopic (exact) mass is 129 g/mol. The second-order valence-electron chi connectivity index (χ2n) is 1.57. The summed E-state index contributed by atoms with van der Waals surface area (Å²) in [5.41, 5.74) is 1.37. The summed E-state index contributed by atoms with van der Waals surface area (Å²) in [5, 5.41) is 7.01. The Balaban J connectivity index is 4.03. The van der Waals surface area contributed by atoms with E-state index in [0.29, 0.717) is 11.4 Å². The van der Waals surface area contributed by atoms with Crippen molar-refractivity contribution in [3.8, 4) is 0 Å². The maximum atomic E-state index is 4.95. The van der Waals surface area contributed by atoms with Gasteiger partial charge in [0.05, 0.1) is 11.4 Å². The highest BCUT2D eigenvalue weighted by molar-refractivity contribution is 6.40. The van der Waals surface area contributed by atoms with Crippen molar-refractivity contribution in [3.05, 3.63) is 0 Å². The molecule has 0 spiro atoms. The van der Waals surface area contributed by atoms with Crippen LogP contribution in [-0.2, 0) is 4.84 Å². The van der Waals surface area contributed by atoms with E-state index in [-0.39, 0.29) is 0 Å². The molecule has 4 nitrogen and oxygen atoms in total. The molecule has 0 fully saturated rings. The predicted molar refractivity (Wildman–Crippen MR) is 37.4 cm³/mol. The van der Waals surface area contributed by atoms with Gasteiger partial charge in [-0.2, -0.15) is 5.10 Å². The van der Waals surface area contributed by atoms with Crippen LogP contribution in [0.1, 0.15) is 13.8 Å². The molecule has 4 heteroatoms. The van der Waals surface area contributed by atoms with E-state index in [1.54, 1.807) is 13.8 Å². The fraction of sp³-hybridized carbons (Fsp3) is 0.600. The maximum Gasteiger partial charge on any atom is 0.106 e. The number of nitrogens with zero attached hydrogens (tertiary/aromatic N) is 2. The van der Waals surface area contributed by atoms with Gasteiger partial charge in [0.15, 0.2) is 0 Å². The summed E-state index contributed by atoms with van der Waals surface area (Å²) in [6.07, 6.45) is 0. The maximum absolute atomic E-state index is 4.95. The Morgan fingerprint density at radius 3 is 2.22 bits per heavy atom. The summed E-state index contributed by atoms with van der Waals surface area (Å²) in [7, 11) is 1.48. The fourth-order valence-electron chi connectivity index (χ4n) is 0.296. The first-order chi connectivity index (χ1) is 4.22. The van der Waals surface area contributed by atoms with E-state index in [1.165, 1.54) is 7.11 Å². The van der Waals surface area contributed by atoms with Crippen LogP contribution in [0.25, 0.3) is 0 Å². The normalized spacial score (nSPS) is 13.7. The first-order valence-corrected chi connectivity index (χ1v) is 2.55. The zero-order chi connectivity index (χ0) is 7.28. The summed E-state index contributed by atoms with van der Waals surface area (Å²) in [5.74, 6) is 4.95. The molecule has 0 saturated heterocycles. The lowest BCUT2D eigenvalue weighted by Crippen LogP contribution is -2.08. The van der Waals surface area contributed by atoms with Crippen molar-refractivity contribution in [1.29, 1.82) is 0 Å². The SMILES string of the molecule is CON=C(C)C(C)=NN. The first-order valence-electron chi connectivity index (χ1n) is 2.55. The molecule has 0 heterocycles. The molecule has 52 valence electrons. The molecule has 0 aromatic heterocycles. The highest BCUT2D eigenvalue weighted by Crippen LogP contribution is 1.81. The molecule has 9 heavy (non-hydrogen) atoms. The zero-order valence-corrected chi connectivity index (χ0v) is 5.88. The van der Waals surface area contributed by atoms with Crippen molar-refractivity contribution in [3.63, 3.8) is 0 Å². The number of hydrazone groups is 1. The third-order valence-electron chi connectivity index (χ3n) is 0.945. The minimum atomic E-state index is 0.678. The lowest BCUT2D eigenvalue weighted by atomic mass is 10.3. The Morgan fingerprint density at radius 1 is 1.33 bits per heavy atom. The summed E-state index contributed by atoms with van der Waals surface area (Å²) >= 11 is 0. The molecule has 0 amide bonds. The zero-order valence-electron chi connectivity index (χ0n) is 5.88. The Hall–Kier alpha value is -1.06. The number of hydrogen-bond donors (Lipinski definition) is 1. The van der Waals surface area contributed by atoms with Crippen LogP contribution >= 0.6 is 0 Å². The van der Waals surface area contributed by atoms with E-state index in [0.717, 1.165) is 0 Å². The van der Waals surface area contributed by atoms with Gasteiger partial charge in [-0.25, -0.2) is 0 Å². The second-order valence-corrected chi connectivity index (χ2v) is 1.57. The molecule has 0 aliphatic carbocycles. The molecule has 0 unspecified atom stereocenters. The highest BCUT2D eigenvalue weighted by atomic mass is 16.6. The van der Waals surface area contributed by atoms with Gasteiger partial charge in [-0.05, 0) is 13.8 Å². The predicted octanol–water partition coefficient (Wildman–Crippen LogP) is 0.343. The van der Waals surface area contributed by atoms with Gasteiger partial charge in [0.25, 0.3) is 0 Å². The number of hydrogen-bond acceptors (Lipinski definition) is 4. The van der Waals surface area contributed by atoms with Gasteiger partial charge in [0, 0.05) is 0 Å². The topological polar surface area (TPSA) is 60.0 Å². The molecule has 0 aromatic carbocycles. The van der Waals surface area contributed by atoms with Crippen molar-refractivity contribution in [2.75, 3.05) is 7.11 Å². The van der Waals surface area contributed by atoms with Gasteiger partial charge in [-0.15, -0.1) is 0 Å². The second kappa shape index (κ2) is 3.88. The molecule has 0 radical (unpaired) electrons. The highest BCUT2D eigenvalue weighted by Gasteiger charge is 1.93. The van der Waals surface area contributed by atoms with Crippen LogP contribution in [0.15, 0.2) is 10.3 Å². The minimum absolute atomic E-state index is 0.678. The van der Waals surface area contributed by atoms with Gasteiger partial charge >= 0.3 is 0 Å². The fourth-order valence-corrected chi connectivity index (χ4v) is 0.296. The molecular weight excluding hydrogens is 118 g/mol. The van der Waals surface area contributed by atoms with Crippen molar-refractivity contribution in [2.24, 2.45) is 16.1 Å². The van der Waals surface area contributed by atoms with Crippen molar-refractivity contribution in [2.45, 2.75) is 13.8 Å². The third-order valence-corrected chi connectivity index (χ3v) is 0.945. The average molecular weight is 129 g/mol. The molecule has 0 aliphatic heterocycles. The van der Waals surface area contributed by atoms with Gasteiger partial charge in [-0.3, -0.25) is 0 Å². The minimum Gasteiger partial charge on any atom is -0.399 e. The third kappa shape index (κ3) is 2.69. The van der Waals surface area contributed by atoms with E-state index >= 15 is 0 Å². The van der Waals surface area contributed by atoms with Crippen LogP contribution < -0.4 is 5.84 Å². The number of rotatable bonds is 2. The number of nitrogens with two attached hydrogens (primary N) is 1. The van der Waals surface area contributed by atoms with Crippen LogP contribution in [0.5, 0.6) is 0 Å². The summed E-state index contributed by atoms with van der Waals surface area (Å²) in [4.78, 5) is 4.48. The first kappa shape index (κ1) is 7.94. The lowest BCUT2D eigenvalue weighted by molar-refractivity contribution is 0.214. The smallest absolute Gasteiger partial charge is 0.106 e. The van der Waals surface area contributed by atoms with E-state index in [9.17, 15) is 0 Å². The molecule has 0 atom stereocenters. The lowest BCUT2D eigenvalue weighted by Gasteiger charge is -1.93. The van der Waals surface area contributed by atoms with E-state index in [4.69, 9.17) is 5.84 Å². The molecule has 0 rings (SSSR count). The Kier molecular flexibility index (Phi) is 3.43. The summed E-state index contributed by atoms with van der Waals surface area (Å²) < 4.78 is 0. The molecule has 0 aliphatic rings. The van der Waals surface area contributed by atoms with Gasteiger partial charge < -0.3 is 10.7 Å². The van der Waals surface area contributed by atoms with E-state index in [2.05, 4.69) is 15.1 Å². The molecule has 0 aromatic rings. The van der Waals surface area contributed by atoms with Crippen LogP contribution in [0.2, 0.25) is 0 Å². The Labute approximate surface area is 54.4 Å². The largest absolute Gasteiger partial charge is 0.399 e. The Bertz CT molecular complexity index is 139. The van der Waals surface area contributed by atoms with Crippen molar-refractivity contribution >= 4 is 11.4 Å². The molecular formula is C5H11N3O. The van der Waals surface area contributed by atoms with Crippen molar-refractivity contribution < 1.29 is 4.84 Å². The van der Waals surface area contributed by atoms with Gasteiger partial charge in [0.1, 0.15) is 7.11 Å². The van der Waals surface area contributed by atoms with Gasteiger partial charge in [0.2, 0.25) is 0 Å². The number of oxime groups is 1. The standard InChI is InChI=1S/C5H11N3O/c1-4(7-6)5(2)8-9-3/h6H2,1-3H3. The van der Waals surface area contributed by atoms with Crippen LogP contribution in [-0.4, -0.2) is 18.5 Å². The van der Waals surface area contributed by atoms with Crippen LogP contribution in [0, 0.1) is 0 Å². The summed E-state index contributed by atoms with van der Waals surface area (Å²) in [6, 6.07) is 0. The summed E-state index contributed by atoms with van der Waals surface area (Å²) in [6.45, 7) is 3.53. The molecule has 0 saturated carbocycles. The van der Waals surface area contributed by atoms with E-state index < -0.39 is 0 Å². The van der Waals surface area contributed by atoms with E-state index in [1.807, 2.05) is 0 Å². The molecule has 0 bridgehead atoms. The van der Waals surface area contributed by atoms with Crippen molar-refractivity contribution in [1.82, 2.24) is 0 Å². The molecule has 2 N–H and O–H groups in total. The quantitative estimate of drug-likeness (QED) is 0.332. The van der Waals surface area contributed by atoms with Crippen LogP contribution in [0.3, 0.4) is 0 Å². The Morgan fingerprint density at radius 2 is 1.89 bits per heavy atom. The average Bonchev–Trinajstić information content (AvgIpc) is 1.87. The van der Waals surface area contributed by atoms with Crippen LogP contribution in [0.4, 0.5) is 0 Å².